The van der Waals surface area contributed by atoms with Crippen LogP contribution in [-0.2, 0) is 11.3 Å². The first kappa shape index (κ1) is 26.5. The van der Waals surface area contributed by atoms with Crippen molar-refractivity contribution in [1.82, 2.24) is 26.3 Å². The van der Waals surface area contributed by atoms with Gasteiger partial charge in [0, 0.05) is 42.3 Å². The van der Waals surface area contributed by atoms with Gasteiger partial charge in [-0.2, -0.15) is 11.8 Å². The predicted molar refractivity (Wildman–Crippen MR) is 147 cm³/mol. The lowest BCUT2D eigenvalue weighted by molar-refractivity contribution is -0.121. The van der Waals surface area contributed by atoms with Crippen LogP contribution in [0.5, 0.6) is 0 Å². The zero-order valence-electron chi connectivity index (χ0n) is 21.0. The van der Waals surface area contributed by atoms with Crippen molar-refractivity contribution in [2.45, 2.75) is 75.2 Å². The van der Waals surface area contributed by atoms with Crippen molar-refractivity contribution in [1.29, 1.82) is 0 Å². The topological polar surface area (TPSA) is 95.2 Å². The van der Waals surface area contributed by atoms with Gasteiger partial charge in [-0.05, 0) is 49.9 Å². The molecule has 8 heteroatoms. The number of benzene rings is 1. The molecule has 2 fully saturated rings. The van der Waals surface area contributed by atoms with Crippen LogP contribution in [0.1, 0.15) is 56.9 Å². The molecule has 2 aliphatic rings. The molecule has 1 aromatic heterocycles. The maximum absolute atomic E-state index is 12.1. The Balaban J connectivity index is 0.946. The van der Waals surface area contributed by atoms with Gasteiger partial charge in [0.25, 0.3) is 0 Å². The number of aromatic nitrogens is 1. The first-order valence-corrected chi connectivity index (χ1v) is 14.4. The zero-order chi connectivity index (χ0) is 25.0. The summed E-state index contributed by atoms with van der Waals surface area (Å²) < 4.78 is 0. The molecule has 4 N–H and O–H groups in total. The summed E-state index contributed by atoms with van der Waals surface area (Å²) in [5, 5.41) is 13.1. The fraction of sp³-hybridized carbons (Fsp3) is 0.536. The van der Waals surface area contributed by atoms with Crippen LogP contribution in [0.4, 0.5) is 4.79 Å². The highest BCUT2D eigenvalue weighted by Gasteiger charge is 2.42. The van der Waals surface area contributed by atoms with Crippen molar-refractivity contribution in [3.05, 3.63) is 54.2 Å². The molecule has 0 bridgehead atoms. The van der Waals surface area contributed by atoms with Gasteiger partial charge in [0.15, 0.2) is 0 Å². The molecule has 0 saturated carbocycles. The number of urea groups is 1. The number of amides is 3. The fourth-order valence-corrected chi connectivity index (χ4v) is 6.42. The molecule has 0 unspecified atom stereocenters. The Hall–Kier alpha value is -2.58. The Labute approximate surface area is 219 Å². The molecule has 7 nitrogen and oxygen atoms in total. The smallest absolute Gasteiger partial charge is 0.315 e. The van der Waals surface area contributed by atoms with Crippen LogP contribution in [0.2, 0.25) is 0 Å². The molecule has 4 rings (SSSR count). The van der Waals surface area contributed by atoms with E-state index in [0.29, 0.717) is 11.7 Å². The summed E-state index contributed by atoms with van der Waals surface area (Å²) >= 11 is 1.94. The zero-order valence-corrected chi connectivity index (χ0v) is 21.8. The third-order valence-electron chi connectivity index (χ3n) is 6.93. The number of fused-ring (bicyclic) bond motifs is 1. The number of nitrogens with zero attached hydrogens (tertiary/aromatic N) is 1. The second kappa shape index (κ2) is 14.2. The number of thioether (sulfide) groups is 1. The van der Waals surface area contributed by atoms with Crippen LogP contribution in [0, 0.1) is 0 Å². The van der Waals surface area contributed by atoms with Crippen LogP contribution in [0.3, 0.4) is 0 Å². The van der Waals surface area contributed by atoms with Crippen LogP contribution < -0.4 is 21.3 Å². The average Bonchev–Trinajstić information content (AvgIpc) is 3.45. The standard InChI is InChI=1S/C28H39N5O2S/c34-26(11-4-3-10-25-27-24(20-36-25)32-28(35)33-27)31-18-7-2-1-6-16-29-19-21-12-14-22(15-13-21)23-9-5-8-17-30-23/h5,8-9,12-15,17,24-25,27,29H,1-4,6-7,10-11,16,18-20H2,(H,31,34)(H2,32,33,35)/t24-,25-,27-/m1/s1. The minimum Gasteiger partial charge on any atom is -0.356 e. The van der Waals surface area contributed by atoms with E-state index in [1.807, 2.05) is 36.2 Å². The fourth-order valence-electron chi connectivity index (χ4n) is 4.88. The third-order valence-corrected chi connectivity index (χ3v) is 8.44. The van der Waals surface area contributed by atoms with Crippen LogP contribution in [0.15, 0.2) is 48.7 Å². The molecule has 1 aromatic carbocycles. The van der Waals surface area contributed by atoms with E-state index in [1.54, 1.807) is 0 Å². The van der Waals surface area contributed by atoms with Crippen molar-refractivity contribution in [2.24, 2.45) is 0 Å². The van der Waals surface area contributed by atoms with Gasteiger partial charge >= 0.3 is 6.03 Å². The number of hydrogen-bond donors (Lipinski definition) is 4. The van der Waals surface area contributed by atoms with Crippen molar-refractivity contribution < 1.29 is 9.59 Å². The van der Waals surface area contributed by atoms with Crippen molar-refractivity contribution >= 4 is 23.7 Å². The summed E-state index contributed by atoms with van der Waals surface area (Å²) in [4.78, 5) is 27.9. The molecule has 3 amide bonds. The van der Waals surface area contributed by atoms with Crippen molar-refractivity contribution in [3.8, 4) is 11.3 Å². The van der Waals surface area contributed by atoms with Gasteiger partial charge < -0.3 is 21.3 Å². The van der Waals surface area contributed by atoms with E-state index in [4.69, 9.17) is 0 Å². The molecule has 2 aliphatic heterocycles. The van der Waals surface area contributed by atoms with Gasteiger partial charge in [-0.1, -0.05) is 49.6 Å². The maximum Gasteiger partial charge on any atom is 0.315 e. The molecular weight excluding hydrogens is 470 g/mol. The molecule has 0 spiro atoms. The average molecular weight is 510 g/mol. The summed E-state index contributed by atoms with van der Waals surface area (Å²) in [7, 11) is 0. The largest absolute Gasteiger partial charge is 0.356 e. The monoisotopic (exact) mass is 509 g/mol. The molecule has 0 aliphatic carbocycles. The van der Waals surface area contributed by atoms with Gasteiger partial charge in [0.1, 0.15) is 0 Å². The Morgan fingerprint density at radius 2 is 1.81 bits per heavy atom. The van der Waals surface area contributed by atoms with Crippen molar-refractivity contribution in [2.75, 3.05) is 18.8 Å². The van der Waals surface area contributed by atoms with E-state index in [0.717, 1.165) is 75.2 Å². The quantitative estimate of drug-likeness (QED) is 0.213. The molecular formula is C28H39N5O2S. The van der Waals surface area contributed by atoms with E-state index in [1.165, 1.54) is 12.0 Å². The first-order chi connectivity index (χ1) is 17.7. The normalized spacial score (nSPS) is 20.6. The molecule has 2 aromatic rings. The van der Waals surface area contributed by atoms with E-state index in [-0.39, 0.29) is 24.0 Å². The number of carbonyl (C=O) groups excluding carboxylic acids is 2. The first-order valence-electron chi connectivity index (χ1n) is 13.4. The number of pyridine rings is 1. The number of unbranched alkanes of at least 4 members (excludes halogenated alkanes) is 4. The van der Waals surface area contributed by atoms with E-state index in [2.05, 4.69) is 50.5 Å². The van der Waals surface area contributed by atoms with Crippen LogP contribution in [-0.4, -0.2) is 53.1 Å². The van der Waals surface area contributed by atoms with Gasteiger partial charge in [-0.3, -0.25) is 9.78 Å². The molecule has 2 saturated heterocycles. The Morgan fingerprint density at radius 1 is 0.972 bits per heavy atom. The lowest BCUT2D eigenvalue weighted by Crippen LogP contribution is -2.36. The highest BCUT2D eigenvalue weighted by atomic mass is 32.2. The second-order valence-corrected chi connectivity index (χ2v) is 11.0. The van der Waals surface area contributed by atoms with E-state index < -0.39 is 0 Å². The third kappa shape index (κ3) is 8.23. The molecule has 3 atom stereocenters. The summed E-state index contributed by atoms with van der Waals surface area (Å²) in [5.41, 5.74) is 3.43. The lowest BCUT2D eigenvalue weighted by Gasteiger charge is -2.16. The highest BCUT2D eigenvalue weighted by Crippen LogP contribution is 2.33. The summed E-state index contributed by atoms with van der Waals surface area (Å²) in [6, 6.07) is 15.1. The van der Waals surface area contributed by atoms with Crippen LogP contribution >= 0.6 is 11.8 Å². The molecule has 194 valence electrons. The highest BCUT2D eigenvalue weighted by molar-refractivity contribution is 8.00. The summed E-state index contributed by atoms with van der Waals surface area (Å²) in [6.07, 6.45) is 9.93. The molecule has 36 heavy (non-hydrogen) atoms. The summed E-state index contributed by atoms with van der Waals surface area (Å²) in [6.45, 7) is 2.66. The molecule has 0 radical (unpaired) electrons. The van der Waals surface area contributed by atoms with Gasteiger partial charge in [0.05, 0.1) is 17.8 Å². The van der Waals surface area contributed by atoms with Gasteiger partial charge in [-0.25, -0.2) is 4.79 Å². The van der Waals surface area contributed by atoms with Gasteiger partial charge in [-0.15, -0.1) is 0 Å². The summed E-state index contributed by atoms with van der Waals surface area (Å²) in [5.74, 6) is 1.16. The van der Waals surface area contributed by atoms with Gasteiger partial charge in [0.2, 0.25) is 5.91 Å². The lowest BCUT2D eigenvalue weighted by atomic mass is 10.0. The minimum atomic E-state index is -0.0333. The Morgan fingerprint density at radius 3 is 2.61 bits per heavy atom. The number of nitrogens with one attached hydrogen (secondary N) is 4. The number of rotatable bonds is 15. The molecule has 3 heterocycles. The maximum atomic E-state index is 12.1. The number of hydrogen-bond acceptors (Lipinski definition) is 5. The SMILES string of the molecule is O=C(CCCC[C@H]1SC[C@H]2NC(=O)N[C@H]21)NCCCCCCNCc1ccc(-c2ccccn2)cc1. The Bertz CT molecular complexity index is 956. The van der Waals surface area contributed by atoms with Crippen LogP contribution in [0.25, 0.3) is 11.3 Å². The predicted octanol–water partition coefficient (Wildman–Crippen LogP) is 4.24. The number of carbonyl (C=O) groups is 2. The van der Waals surface area contributed by atoms with E-state index in [9.17, 15) is 9.59 Å². The van der Waals surface area contributed by atoms with E-state index >= 15 is 0 Å². The van der Waals surface area contributed by atoms with Crippen molar-refractivity contribution in [3.63, 3.8) is 0 Å². The Kier molecular flexibility index (Phi) is 10.5. The minimum absolute atomic E-state index is 0.0333. The second-order valence-electron chi connectivity index (χ2n) is 9.72.